The van der Waals surface area contributed by atoms with Gasteiger partial charge in [-0.1, -0.05) is 22.4 Å². The van der Waals surface area contributed by atoms with Gasteiger partial charge in [-0.15, -0.1) is 0 Å². The molecule has 1 saturated carbocycles. The molecule has 1 aliphatic carbocycles. The Kier molecular flexibility index (Phi) is 3.68. The maximum atomic E-state index is 5.95. The molecule has 94 valence electrons. The van der Waals surface area contributed by atoms with Gasteiger partial charge in [0.05, 0.1) is 11.7 Å². The van der Waals surface area contributed by atoms with E-state index in [1.165, 1.54) is 25.8 Å². The normalized spacial score (nSPS) is 33.4. The van der Waals surface area contributed by atoms with Crippen molar-refractivity contribution in [3.8, 4) is 0 Å². The minimum absolute atomic E-state index is 0.0227. The van der Waals surface area contributed by atoms with Crippen LogP contribution in [0.5, 0.6) is 0 Å². The van der Waals surface area contributed by atoms with Crippen molar-refractivity contribution in [2.24, 2.45) is 5.41 Å². The molecule has 2 nitrogen and oxygen atoms in total. The minimum Gasteiger partial charge on any atom is -0.370 e. The predicted molar refractivity (Wildman–Crippen MR) is 71.1 cm³/mol. The molecule has 0 radical (unpaired) electrons. The van der Waals surface area contributed by atoms with Crippen LogP contribution in [0.25, 0.3) is 0 Å². The maximum absolute atomic E-state index is 5.95. The Hall–Kier alpha value is 0.400. The van der Waals surface area contributed by atoms with E-state index in [2.05, 4.69) is 41.6 Å². The van der Waals surface area contributed by atoms with E-state index >= 15 is 0 Å². The van der Waals surface area contributed by atoms with Crippen molar-refractivity contribution >= 4 is 15.9 Å². The fourth-order valence-corrected chi connectivity index (χ4v) is 3.93. The lowest BCUT2D eigenvalue weighted by Gasteiger charge is -2.49. The molecule has 1 unspecified atom stereocenters. The van der Waals surface area contributed by atoms with Gasteiger partial charge >= 0.3 is 0 Å². The van der Waals surface area contributed by atoms with Gasteiger partial charge in [0, 0.05) is 25.0 Å². The van der Waals surface area contributed by atoms with Gasteiger partial charge in [-0.3, -0.25) is 4.90 Å². The van der Waals surface area contributed by atoms with Crippen molar-refractivity contribution < 1.29 is 4.74 Å². The van der Waals surface area contributed by atoms with E-state index in [0.29, 0.717) is 11.5 Å². The molecular weight excluding hydrogens is 266 g/mol. The maximum Gasteiger partial charge on any atom is 0.0757 e. The molecule has 2 rings (SSSR count). The van der Waals surface area contributed by atoms with Crippen LogP contribution >= 0.6 is 15.9 Å². The Labute approximate surface area is 108 Å². The third kappa shape index (κ3) is 2.80. The molecule has 0 amide bonds. The molecule has 0 aromatic rings. The zero-order valence-corrected chi connectivity index (χ0v) is 12.3. The molecule has 3 heteroatoms. The van der Waals surface area contributed by atoms with Gasteiger partial charge in [0.2, 0.25) is 0 Å². The molecule has 0 N–H and O–H groups in total. The summed E-state index contributed by atoms with van der Waals surface area (Å²) in [6.45, 7) is 10.0. The van der Waals surface area contributed by atoms with Gasteiger partial charge in [0.1, 0.15) is 0 Å². The minimum atomic E-state index is 0.0227. The van der Waals surface area contributed by atoms with Gasteiger partial charge < -0.3 is 4.74 Å². The molecule has 1 heterocycles. The SMILES string of the molecule is CC1CN(CC2(CBr)CCC2)CC(C)(C)O1. The number of alkyl halides is 1. The van der Waals surface area contributed by atoms with Gasteiger partial charge in [0.25, 0.3) is 0 Å². The zero-order chi connectivity index (χ0) is 11.8. The summed E-state index contributed by atoms with van der Waals surface area (Å²) >= 11 is 3.70. The van der Waals surface area contributed by atoms with E-state index in [1.807, 2.05) is 0 Å². The van der Waals surface area contributed by atoms with E-state index in [0.717, 1.165) is 18.4 Å². The van der Waals surface area contributed by atoms with Crippen molar-refractivity contribution in [1.29, 1.82) is 0 Å². The van der Waals surface area contributed by atoms with Crippen molar-refractivity contribution in [3.63, 3.8) is 0 Å². The molecule has 0 aromatic heterocycles. The highest BCUT2D eigenvalue weighted by molar-refractivity contribution is 9.09. The number of hydrogen-bond acceptors (Lipinski definition) is 2. The molecule has 2 aliphatic rings. The van der Waals surface area contributed by atoms with Gasteiger partial charge in [-0.2, -0.15) is 0 Å². The van der Waals surface area contributed by atoms with Crippen LogP contribution in [0, 0.1) is 5.41 Å². The number of hydrogen-bond donors (Lipinski definition) is 0. The number of morpholine rings is 1. The van der Waals surface area contributed by atoms with E-state index < -0.39 is 0 Å². The lowest BCUT2D eigenvalue weighted by atomic mass is 9.70. The fraction of sp³-hybridized carbons (Fsp3) is 1.00. The molecule has 2 fully saturated rings. The summed E-state index contributed by atoms with van der Waals surface area (Å²) in [5.41, 5.74) is 0.585. The molecular formula is C13H24BrNO. The number of ether oxygens (including phenoxy) is 1. The van der Waals surface area contributed by atoms with Crippen molar-refractivity contribution in [2.75, 3.05) is 25.0 Å². The number of rotatable bonds is 3. The van der Waals surface area contributed by atoms with Crippen LogP contribution in [0.4, 0.5) is 0 Å². The third-order valence-electron chi connectivity index (χ3n) is 3.90. The smallest absolute Gasteiger partial charge is 0.0757 e. The standard InChI is InChI=1S/C13H24BrNO/c1-11-7-15(9-12(2,3)16-11)10-13(8-14)5-4-6-13/h11H,4-10H2,1-3H3. The average Bonchev–Trinajstić information content (AvgIpc) is 2.08. The Morgan fingerprint density at radius 3 is 2.50 bits per heavy atom. The van der Waals surface area contributed by atoms with E-state index in [9.17, 15) is 0 Å². The van der Waals surface area contributed by atoms with E-state index in [4.69, 9.17) is 4.74 Å². The summed E-state index contributed by atoms with van der Waals surface area (Å²) in [6.07, 6.45) is 4.57. The fourth-order valence-electron chi connectivity index (χ4n) is 3.19. The lowest BCUT2D eigenvalue weighted by molar-refractivity contribution is -0.137. The average molecular weight is 290 g/mol. The summed E-state index contributed by atoms with van der Waals surface area (Å²) in [4.78, 5) is 2.61. The van der Waals surface area contributed by atoms with Crippen LogP contribution in [-0.4, -0.2) is 41.6 Å². The second kappa shape index (κ2) is 4.58. The molecule has 1 saturated heterocycles. The summed E-state index contributed by atoms with van der Waals surface area (Å²) in [6, 6.07) is 0. The zero-order valence-electron chi connectivity index (χ0n) is 10.8. The van der Waals surface area contributed by atoms with E-state index in [-0.39, 0.29) is 5.60 Å². The molecule has 0 aromatic carbocycles. The van der Waals surface area contributed by atoms with Gasteiger partial charge in [-0.25, -0.2) is 0 Å². The summed E-state index contributed by atoms with van der Waals surface area (Å²) in [5.74, 6) is 0. The molecule has 16 heavy (non-hydrogen) atoms. The third-order valence-corrected chi connectivity index (χ3v) is 5.09. The summed E-state index contributed by atoms with van der Waals surface area (Å²) < 4.78 is 5.95. The first-order valence-electron chi connectivity index (χ1n) is 6.41. The van der Waals surface area contributed by atoms with Crippen LogP contribution in [-0.2, 0) is 4.74 Å². The topological polar surface area (TPSA) is 12.5 Å². The molecule has 0 bridgehead atoms. The Bertz CT molecular complexity index is 245. The first-order chi connectivity index (χ1) is 7.45. The van der Waals surface area contributed by atoms with Gasteiger partial charge in [0.15, 0.2) is 0 Å². The molecule has 0 spiro atoms. The van der Waals surface area contributed by atoms with Crippen LogP contribution in [0.2, 0.25) is 0 Å². The van der Waals surface area contributed by atoms with Crippen LogP contribution in [0.1, 0.15) is 40.0 Å². The summed E-state index contributed by atoms with van der Waals surface area (Å²) in [5, 5.41) is 1.16. The van der Waals surface area contributed by atoms with Gasteiger partial charge in [-0.05, 0) is 39.0 Å². The Morgan fingerprint density at radius 1 is 1.38 bits per heavy atom. The highest BCUT2D eigenvalue weighted by Crippen LogP contribution is 2.43. The highest BCUT2D eigenvalue weighted by Gasteiger charge is 2.40. The van der Waals surface area contributed by atoms with Crippen molar-refractivity contribution in [2.45, 2.75) is 51.7 Å². The molecule has 1 aliphatic heterocycles. The second-order valence-corrected chi connectivity index (χ2v) is 6.91. The second-order valence-electron chi connectivity index (χ2n) is 6.34. The van der Waals surface area contributed by atoms with Crippen molar-refractivity contribution in [1.82, 2.24) is 4.90 Å². The monoisotopic (exact) mass is 289 g/mol. The van der Waals surface area contributed by atoms with E-state index in [1.54, 1.807) is 0 Å². The largest absolute Gasteiger partial charge is 0.370 e. The van der Waals surface area contributed by atoms with Crippen molar-refractivity contribution in [3.05, 3.63) is 0 Å². The quantitative estimate of drug-likeness (QED) is 0.741. The van der Waals surface area contributed by atoms with Crippen LogP contribution in [0.3, 0.4) is 0 Å². The summed E-state index contributed by atoms with van der Waals surface area (Å²) in [7, 11) is 0. The van der Waals surface area contributed by atoms with Crippen LogP contribution < -0.4 is 0 Å². The number of nitrogens with zero attached hydrogens (tertiary/aromatic N) is 1. The Morgan fingerprint density at radius 2 is 2.06 bits per heavy atom. The Balaban J connectivity index is 1.94. The highest BCUT2D eigenvalue weighted by atomic mass is 79.9. The lowest BCUT2D eigenvalue weighted by Crippen LogP contribution is -2.55. The molecule has 1 atom stereocenters. The predicted octanol–water partition coefficient (Wildman–Crippen LogP) is 3.05. The van der Waals surface area contributed by atoms with Crippen LogP contribution in [0.15, 0.2) is 0 Å². The first kappa shape index (κ1) is 12.8. The first-order valence-corrected chi connectivity index (χ1v) is 7.53. The number of halogens is 1.